The van der Waals surface area contributed by atoms with Crippen LogP contribution in [0.2, 0.25) is 0 Å². The summed E-state index contributed by atoms with van der Waals surface area (Å²) in [6, 6.07) is 4.95. The van der Waals surface area contributed by atoms with Gasteiger partial charge in [0.2, 0.25) is 0 Å². The van der Waals surface area contributed by atoms with Crippen molar-refractivity contribution >= 4 is 0 Å². The number of epoxide rings is 1. The summed E-state index contributed by atoms with van der Waals surface area (Å²) in [7, 11) is 0. The van der Waals surface area contributed by atoms with Crippen molar-refractivity contribution in [3.63, 3.8) is 0 Å². The summed E-state index contributed by atoms with van der Waals surface area (Å²) in [6.45, 7) is 0.705. The normalized spacial score (nSPS) is 18.6. The third-order valence-corrected chi connectivity index (χ3v) is 2.27. The lowest BCUT2D eigenvalue weighted by atomic mass is 10.1. The van der Waals surface area contributed by atoms with Crippen molar-refractivity contribution in [3.8, 4) is 11.8 Å². The number of nitrogens with zero attached hydrogens (tertiary/aromatic N) is 1. The number of alkyl halides is 3. The lowest BCUT2D eigenvalue weighted by Crippen LogP contribution is -2.11. The van der Waals surface area contributed by atoms with E-state index in [0.29, 0.717) is 6.61 Å². The maximum absolute atomic E-state index is 12.6. The van der Waals surface area contributed by atoms with Crippen LogP contribution in [0.4, 0.5) is 13.2 Å². The Morgan fingerprint density at radius 2 is 2.18 bits per heavy atom. The molecular weight excluding hydrogens is 235 g/mol. The second-order valence-electron chi connectivity index (χ2n) is 3.55. The largest absolute Gasteiger partial charge is 0.489 e. The summed E-state index contributed by atoms with van der Waals surface area (Å²) in [6.07, 6.45) is -4.63. The van der Waals surface area contributed by atoms with Gasteiger partial charge in [-0.15, -0.1) is 0 Å². The number of hydrogen-bond acceptors (Lipinski definition) is 3. The van der Waals surface area contributed by atoms with Gasteiger partial charge in [-0.3, -0.25) is 0 Å². The Kier molecular flexibility index (Phi) is 2.94. The van der Waals surface area contributed by atoms with Crippen molar-refractivity contribution in [2.45, 2.75) is 12.3 Å². The molecule has 1 aromatic rings. The summed E-state index contributed by atoms with van der Waals surface area (Å²) in [4.78, 5) is 0. The van der Waals surface area contributed by atoms with Gasteiger partial charge < -0.3 is 9.47 Å². The zero-order valence-corrected chi connectivity index (χ0v) is 8.62. The molecule has 3 nitrogen and oxygen atoms in total. The summed E-state index contributed by atoms with van der Waals surface area (Å²) < 4.78 is 47.8. The molecule has 90 valence electrons. The second kappa shape index (κ2) is 4.26. The van der Waals surface area contributed by atoms with E-state index in [0.717, 1.165) is 6.07 Å². The van der Waals surface area contributed by atoms with Gasteiger partial charge in [-0.05, 0) is 12.1 Å². The molecule has 0 aliphatic carbocycles. The third-order valence-electron chi connectivity index (χ3n) is 2.27. The standard InChI is InChI=1S/C11H8F3NO2/c12-11(13,14)9-2-1-3-10(8(9)4-15)17-6-7-5-16-7/h1-3,7H,5-6H2/t7-/m0/s1. The van der Waals surface area contributed by atoms with Crippen molar-refractivity contribution in [2.75, 3.05) is 13.2 Å². The zero-order valence-electron chi connectivity index (χ0n) is 8.62. The molecule has 1 aliphatic heterocycles. The smallest absolute Gasteiger partial charge is 0.417 e. The summed E-state index contributed by atoms with van der Waals surface area (Å²) in [5, 5.41) is 8.78. The first kappa shape index (κ1) is 11.7. The van der Waals surface area contributed by atoms with Gasteiger partial charge in [-0.2, -0.15) is 18.4 Å². The van der Waals surface area contributed by atoms with Crippen molar-refractivity contribution in [2.24, 2.45) is 0 Å². The van der Waals surface area contributed by atoms with Gasteiger partial charge in [-0.25, -0.2) is 0 Å². The summed E-state index contributed by atoms with van der Waals surface area (Å²) in [5.41, 5.74) is -1.46. The first-order valence-corrected chi connectivity index (χ1v) is 4.87. The maximum Gasteiger partial charge on any atom is 0.417 e. The van der Waals surface area contributed by atoms with Gasteiger partial charge in [0.15, 0.2) is 0 Å². The van der Waals surface area contributed by atoms with Crippen LogP contribution in [0, 0.1) is 11.3 Å². The van der Waals surface area contributed by atoms with Gasteiger partial charge in [-0.1, -0.05) is 6.07 Å². The SMILES string of the molecule is N#Cc1c(OC[C@@H]2CO2)cccc1C(F)(F)F. The molecule has 1 saturated heterocycles. The molecule has 0 saturated carbocycles. The number of nitriles is 1. The van der Waals surface area contributed by atoms with E-state index in [1.54, 1.807) is 0 Å². The topological polar surface area (TPSA) is 45.5 Å². The van der Waals surface area contributed by atoms with E-state index < -0.39 is 17.3 Å². The first-order chi connectivity index (χ1) is 8.02. The summed E-state index contributed by atoms with van der Waals surface area (Å²) in [5.74, 6) is -0.0576. The molecule has 17 heavy (non-hydrogen) atoms. The van der Waals surface area contributed by atoms with Gasteiger partial charge >= 0.3 is 6.18 Å². The Morgan fingerprint density at radius 3 is 2.71 bits per heavy atom. The Balaban J connectivity index is 2.28. The van der Waals surface area contributed by atoms with Gasteiger partial charge in [0.05, 0.1) is 12.2 Å². The van der Waals surface area contributed by atoms with Crippen molar-refractivity contribution in [3.05, 3.63) is 29.3 Å². The lowest BCUT2D eigenvalue weighted by Gasteiger charge is -2.12. The minimum Gasteiger partial charge on any atom is -0.489 e. The van der Waals surface area contributed by atoms with E-state index in [2.05, 4.69) is 0 Å². The predicted octanol–water partition coefficient (Wildman–Crippen LogP) is 2.35. The highest BCUT2D eigenvalue weighted by molar-refractivity contribution is 5.50. The van der Waals surface area contributed by atoms with E-state index in [9.17, 15) is 13.2 Å². The van der Waals surface area contributed by atoms with Crippen LogP contribution >= 0.6 is 0 Å². The fourth-order valence-electron chi connectivity index (χ4n) is 1.35. The first-order valence-electron chi connectivity index (χ1n) is 4.87. The molecule has 0 N–H and O–H groups in total. The molecule has 0 aromatic heterocycles. The zero-order chi connectivity index (χ0) is 12.5. The van der Waals surface area contributed by atoms with Crippen LogP contribution < -0.4 is 4.74 Å². The van der Waals surface area contributed by atoms with Crippen LogP contribution in [0.5, 0.6) is 5.75 Å². The predicted molar refractivity (Wildman–Crippen MR) is 51.4 cm³/mol. The Morgan fingerprint density at radius 1 is 1.47 bits per heavy atom. The van der Waals surface area contributed by atoms with Crippen molar-refractivity contribution < 1.29 is 22.6 Å². The van der Waals surface area contributed by atoms with Crippen LogP contribution in [-0.2, 0) is 10.9 Å². The molecular formula is C11H8F3NO2. The number of rotatable bonds is 3. The second-order valence-corrected chi connectivity index (χ2v) is 3.55. The minimum atomic E-state index is -4.56. The molecule has 0 radical (unpaired) electrons. The van der Waals surface area contributed by atoms with Crippen LogP contribution in [0.1, 0.15) is 11.1 Å². The van der Waals surface area contributed by atoms with Crippen molar-refractivity contribution in [1.29, 1.82) is 5.26 Å². The number of ether oxygens (including phenoxy) is 2. The number of halogens is 3. The molecule has 0 spiro atoms. The lowest BCUT2D eigenvalue weighted by molar-refractivity contribution is -0.137. The molecule has 0 unspecified atom stereocenters. The van der Waals surface area contributed by atoms with Gasteiger partial charge in [0.25, 0.3) is 0 Å². The molecule has 1 atom stereocenters. The van der Waals surface area contributed by atoms with Gasteiger partial charge in [0.1, 0.15) is 30.1 Å². The average molecular weight is 243 g/mol. The molecule has 6 heteroatoms. The van der Waals surface area contributed by atoms with Crippen LogP contribution in [0.3, 0.4) is 0 Å². The molecule has 1 aliphatic rings. The van der Waals surface area contributed by atoms with E-state index >= 15 is 0 Å². The molecule has 1 aromatic carbocycles. The third kappa shape index (κ3) is 2.68. The quantitative estimate of drug-likeness (QED) is 0.765. The molecule has 0 bridgehead atoms. The highest BCUT2D eigenvalue weighted by atomic mass is 19.4. The fourth-order valence-corrected chi connectivity index (χ4v) is 1.35. The van der Waals surface area contributed by atoms with E-state index in [4.69, 9.17) is 14.7 Å². The molecule has 1 heterocycles. The van der Waals surface area contributed by atoms with E-state index in [1.807, 2.05) is 0 Å². The Labute approximate surface area is 95.4 Å². The Hall–Kier alpha value is -1.74. The van der Waals surface area contributed by atoms with Crippen LogP contribution in [0.25, 0.3) is 0 Å². The molecule has 0 amide bonds. The minimum absolute atomic E-state index is 0.0576. The average Bonchev–Trinajstić information content (AvgIpc) is 3.08. The maximum atomic E-state index is 12.6. The fraction of sp³-hybridized carbons (Fsp3) is 0.364. The van der Waals surface area contributed by atoms with Gasteiger partial charge in [0, 0.05) is 0 Å². The van der Waals surface area contributed by atoms with Crippen LogP contribution in [-0.4, -0.2) is 19.3 Å². The number of benzene rings is 1. The monoisotopic (exact) mass is 243 g/mol. The molecule has 2 rings (SSSR count). The highest BCUT2D eigenvalue weighted by Crippen LogP contribution is 2.35. The van der Waals surface area contributed by atoms with Crippen molar-refractivity contribution in [1.82, 2.24) is 0 Å². The number of hydrogen-bond donors (Lipinski definition) is 0. The van der Waals surface area contributed by atoms with E-state index in [1.165, 1.54) is 18.2 Å². The van der Waals surface area contributed by atoms with E-state index in [-0.39, 0.29) is 18.5 Å². The molecule has 1 fully saturated rings. The Bertz CT molecular complexity index is 461. The summed E-state index contributed by atoms with van der Waals surface area (Å²) >= 11 is 0. The highest BCUT2D eigenvalue weighted by Gasteiger charge is 2.35. The van der Waals surface area contributed by atoms with Crippen LogP contribution in [0.15, 0.2) is 18.2 Å².